The maximum Gasteiger partial charge on any atom is 0.123 e. The monoisotopic (exact) mass is 300 g/mol. The van der Waals surface area contributed by atoms with Gasteiger partial charge in [0, 0.05) is 24.7 Å². The molecule has 1 fully saturated rings. The molecule has 1 saturated heterocycles. The zero-order valence-corrected chi connectivity index (χ0v) is 13.3. The summed E-state index contributed by atoms with van der Waals surface area (Å²) in [6, 6.07) is 6.63. The van der Waals surface area contributed by atoms with Crippen LogP contribution in [0.4, 0.5) is 0 Å². The Bertz CT molecular complexity index is 415. The van der Waals surface area contributed by atoms with Crippen LogP contribution >= 0.6 is 12.4 Å². The summed E-state index contributed by atoms with van der Waals surface area (Å²) in [5, 5.41) is 3.28. The molecule has 1 aromatic rings. The van der Waals surface area contributed by atoms with E-state index in [-0.39, 0.29) is 12.4 Å². The molecular formula is C15H25ClN2O2. The van der Waals surface area contributed by atoms with Crippen LogP contribution in [0.3, 0.4) is 0 Å². The topological polar surface area (TPSA) is 33.7 Å². The van der Waals surface area contributed by atoms with Crippen LogP contribution in [0.15, 0.2) is 18.2 Å². The van der Waals surface area contributed by atoms with Gasteiger partial charge in [-0.15, -0.1) is 12.4 Å². The van der Waals surface area contributed by atoms with Crippen molar-refractivity contribution in [2.45, 2.75) is 25.4 Å². The van der Waals surface area contributed by atoms with Crippen molar-refractivity contribution in [3.63, 3.8) is 0 Å². The molecule has 5 heteroatoms. The highest BCUT2D eigenvalue weighted by Gasteiger charge is 2.24. The molecule has 1 N–H and O–H groups in total. The Labute approximate surface area is 127 Å². The molecule has 114 valence electrons. The third kappa shape index (κ3) is 4.01. The quantitative estimate of drug-likeness (QED) is 0.874. The number of likely N-dealkylation sites (N-methyl/N-ethyl adjacent to an activating group) is 1. The molecule has 0 saturated carbocycles. The maximum atomic E-state index is 5.45. The SMILES string of the molecule is CNCC1CCCN1Cc1cc(OC)ccc1OC.Cl. The van der Waals surface area contributed by atoms with Gasteiger partial charge in [-0.3, -0.25) is 4.90 Å². The highest BCUT2D eigenvalue weighted by Crippen LogP contribution is 2.28. The van der Waals surface area contributed by atoms with Gasteiger partial charge >= 0.3 is 0 Å². The fourth-order valence-electron chi connectivity index (χ4n) is 2.79. The summed E-state index contributed by atoms with van der Waals surface area (Å²) in [5.74, 6) is 1.83. The lowest BCUT2D eigenvalue weighted by Gasteiger charge is -2.25. The number of methoxy groups -OCH3 is 2. The normalized spacial score (nSPS) is 18.6. The van der Waals surface area contributed by atoms with E-state index in [9.17, 15) is 0 Å². The summed E-state index contributed by atoms with van der Waals surface area (Å²) < 4.78 is 10.8. The van der Waals surface area contributed by atoms with Crippen LogP contribution in [-0.4, -0.2) is 45.3 Å². The minimum Gasteiger partial charge on any atom is -0.497 e. The van der Waals surface area contributed by atoms with E-state index in [0.29, 0.717) is 6.04 Å². The Balaban J connectivity index is 0.00000200. The zero-order chi connectivity index (χ0) is 13.7. The van der Waals surface area contributed by atoms with E-state index in [1.807, 2.05) is 19.2 Å². The van der Waals surface area contributed by atoms with Crippen LogP contribution in [0.25, 0.3) is 0 Å². The first-order valence-electron chi connectivity index (χ1n) is 6.88. The molecule has 0 bridgehead atoms. The smallest absolute Gasteiger partial charge is 0.123 e. The van der Waals surface area contributed by atoms with Crippen LogP contribution in [0.5, 0.6) is 11.5 Å². The number of nitrogens with zero attached hydrogens (tertiary/aromatic N) is 1. The molecule has 1 aromatic carbocycles. The molecule has 0 aliphatic carbocycles. The van der Waals surface area contributed by atoms with E-state index >= 15 is 0 Å². The van der Waals surface area contributed by atoms with Gasteiger partial charge < -0.3 is 14.8 Å². The van der Waals surface area contributed by atoms with Crippen LogP contribution in [0.2, 0.25) is 0 Å². The molecule has 4 nitrogen and oxygen atoms in total. The molecular weight excluding hydrogens is 276 g/mol. The molecule has 1 atom stereocenters. The average molecular weight is 301 g/mol. The van der Waals surface area contributed by atoms with Crippen LogP contribution in [0, 0.1) is 0 Å². The Hall–Kier alpha value is -0.970. The summed E-state index contributed by atoms with van der Waals surface area (Å²) in [4.78, 5) is 2.52. The first kappa shape index (κ1) is 17.1. The number of benzene rings is 1. The molecule has 1 aliphatic rings. The first-order chi connectivity index (χ1) is 9.28. The van der Waals surface area contributed by atoms with Crippen molar-refractivity contribution in [3.05, 3.63) is 23.8 Å². The molecule has 1 heterocycles. The largest absolute Gasteiger partial charge is 0.497 e. The second kappa shape index (κ2) is 8.35. The van der Waals surface area contributed by atoms with E-state index in [2.05, 4.69) is 16.3 Å². The second-order valence-electron chi connectivity index (χ2n) is 5.00. The number of nitrogens with one attached hydrogen (secondary N) is 1. The maximum absolute atomic E-state index is 5.45. The Morgan fingerprint density at radius 3 is 2.75 bits per heavy atom. The van der Waals surface area contributed by atoms with Gasteiger partial charge in [-0.2, -0.15) is 0 Å². The molecule has 20 heavy (non-hydrogen) atoms. The molecule has 2 rings (SSSR count). The van der Waals surface area contributed by atoms with Crippen molar-refractivity contribution in [2.24, 2.45) is 0 Å². The van der Waals surface area contributed by atoms with Gasteiger partial charge in [0.05, 0.1) is 14.2 Å². The summed E-state index contributed by atoms with van der Waals surface area (Å²) in [6.07, 6.45) is 2.55. The summed E-state index contributed by atoms with van der Waals surface area (Å²) >= 11 is 0. The molecule has 0 radical (unpaired) electrons. The summed E-state index contributed by atoms with van der Waals surface area (Å²) in [5.41, 5.74) is 1.20. The Morgan fingerprint density at radius 2 is 2.10 bits per heavy atom. The van der Waals surface area contributed by atoms with Gasteiger partial charge in [-0.25, -0.2) is 0 Å². The van der Waals surface area contributed by atoms with E-state index < -0.39 is 0 Å². The van der Waals surface area contributed by atoms with Crippen LogP contribution in [-0.2, 0) is 6.54 Å². The predicted octanol–water partition coefficient (Wildman–Crippen LogP) is 2.31. The lowest BCUT2D eigenvalue weighted by molar-refractivity contribution is 0.238. The number of rotatable bonds is 6. The third-order valence-electron chi connectivity index (χ3n) is 3.80. The fourth-order valence-corrected chi connectivity index (χ4v) is 2.79. The minimum absolute atomic E-state index is 0. The van der Waals surface area contributed by atoms with Crippen molar-refractivity contribution in [3.8, 4) is 11.5 Å². The third-order valence-corrected chi connectivity index (χ3v) is 3.80. The number of halogens is 1. The minimum atomic E-state index is 0. The van der Waals surface area contributed by atoms with E-state index in [0.717, 1.165) is 31.1 Å². The zero-order valence-electron chi connectivity index (χ0n) is 12.5. The van der Waals surface area contributed by atoms with Gasteiger partial charge in [0.15, 0.2) is 0 Å². The van der Waals surface area contributed by atoms with Crippen LogP contribution in [0.1, 0.15) is 18.4 Å². The first-order valence-corrected chi connectivity index (χ1v) is 6.88. The fraction of sp³-hybridized carbons (Fsp3) is 0.600. The summed E-state index contributed by atoms with van der Waals surface area (Å²) in [7, 11) is 5.44. The van der Waals surface area contributed by atoms with Gasteiger partial charge in [0.2, 0.25) is 0 Å². The van der Waals surface area contributed by atoms with E-state index in [1.54, 1.807) is 14.2 Å². The van der Waals surface area contributed by atoms with Crippen molar-refractivity contribution in [2.75, 3.05) is 34.4 Å². The number of ether oxygens (including phenoxy) is 2. The van der Waals surface area contributed by atoms with Gasteiger partial charge in [-0.05, 0) is 44.6 Å². The molecule has 0 amide bonds. The lowest BCUT2D eigenvalue weighted by Crippen LogP contribution is -2.36. The van der Waals surface area contributed by atoms with Gasteiger partial charge in [0.25, 0.3) is 0 Å². The van der Waals surface area contributed by atoms with E-state index in [1.165, 1.54) is 18.4 Å². The second-order valence-corrected chi connectivity index (χ2v) is 5.00. The highest BCUT2D eigenvalue weighted by atomic mass is 35.5. The lowest BCUT2D eigenvalue weighted by atomic mass is 10.1. The predicted molar refractivity (Wildman–Crippen MR) is 84.2 cm³/mol. The summed E-state index contributed by atoms with van der Waals surface area (Å²) in [6.45, 7) is 3.13. The molecule has 1 aliphatic heterocycles. The van der Waals surface area contributed by atoms with Gasteiger partial charge in [0.1, 0.15) is 11.5 Å². The van der Waals surface area contributed by atoms with Crippen molar-refractivity contribution >= 4 is 12.4 Å². The van der Waals surface area contributed by atoms with Crippen LogP contribution < -0.4 is 14.8 Å². The van der Waals surface area contributed by atoms with Crippen molar-refractivity contribution < 1.29 is 9.47 Å². The molecule has 0 aromatic heterocycles. The van der Waals surface area contributed by atoms with Crippen molar-refractivity contribution in [1.82, 2.24) is 10.2 Å². The highest BCUT2D eigenvalue weighted by molar-refractivity contribution is 5.85. The molecule has 0 spiro atoms. The van der Waals surface area contributed by atoms with E-state index in [4.69, 9.17) is 9.47 Å². The average Bonchev–Trinajstić information content (AvgIpc) is 2.86. The Morgan fingerprint density at radius 1 is 1.30 bits per heavy atom. The van der Waals surface area contributed by atoms with Crippen molar-refractivity contribution in [1.29, 1.82) is 0 Å². The number of hydrogen-bond acceptors (Lipinski definition) is 4. The number of hydrogen-bond donors (Lipinski definition) is 1. The molecule has 1 unspecified atom stereocenters. The standard InChI is InChI=1S/C15H24N2O2.ClH/c1-16-10-13-5-4-8-17(13)11-12-9-14(18-2)6-7-15(12)19-3;/h6-7,9,13,16H,4-5,8,10-11H2,1-3H3;1H. The van der Waals surface area contributed by atoms with Gasteiger partial charge in [-0.1, -0.05) is 0 Å². The number of likely N-dealkylation sites (tertiary alicyclic amines) is 1. The Kier molecular flexibility index (Phi) is 7.13.